The van der Waals surface area contributed by atoms with Crippen molar-refractivity contribution in [2.75, 3.05) is 0 Å². The first-order valence-corrected chi connectivity index (χ1v) is 7.04. The van der Waals surface area contributed by atoms with Gasteiger partial charge in [0.2, 0.25) is 5.91 Å². The van der Waals surface area contributed by atoms with Crippen molar-refractivity contribution in [2.45, 2.75) is 18.9 Å². The van der Waals surface area contributed by atoms with Crippen LogP contribution in [0.25, 0.3) is 6.08 Å². The van der Waals surface area contributed by atoms with E-state index >= 15 is 0 Å². The Morgan fingerprint density at radius 2 is 2.00 bits per heavy atom. The van der Waals surface area contributed by atoms with E-state index in [9.17, 15) is 9.18 Å². The van der Waals surface area contributed by atoms with E-state index in [4.69, 9.17) is 0 Å². The lowest BCUT2D eigenvalue weighted by Gasteiger charge is -2.12. The Labute approximate surface area is 123 Å². The van der Waals surface area contributed by atoms with Crippen LogP contribution in [0.3, 0.4) is 0 Å². The van der Waals surface area contributed by atoms with Crippen LogP contribution in [0.1, 0.15) is 29.2 Å². The highest BCUT2D eigenvalue weighted by Gasteiger charge is 2.23. The second-order valence-corrected chi connectivity index (χ2v) is 5.19. The number of carbonyl (C=O) groups excluding carboxylic acids is 1. The average Bonchev–Trinajstić information content (AvgIpc) is 2.88. The van der Waals surface area contributed by atoms with E-state index in [1.807, 2.05) is 30.3 Å². The molecule has 106 valence electrons. The largest absolute Gasteiger partial charge is 0.346 e. The molecule has 1 N–H and O–H groups in total. The minimum atomic E-state index is -0.218. The molecule has 0 saturated heterocycles. The third-order valence-corrected chi connectivity index (χ3v) is 3.73. The topological polar surface area (TPSA) is 29.1 Å². The number of carbonyl (C=O) groups is 1. The zero-order chi connectivity index (χ0) is 14.7. The predicted molar refractivity (Wildman–Crippen MR) is 81.1 cm³/mol. The molecule has 1 aliphatic rings. The van der Waals surface area contributed by atoms with Crippen LogP contribution in [0.4, 0.5) is 4.39 Å². The number of rotatable bonds is 3. The van der Waals surface area contributed by atoms with Gasteiger partial charge in [-0.3, -0.25) is 4.79 Å². The molecule has 3 rings (SSSR count). The summed E-state index contributed by atoms with van der Waals surface area (Å²) < 4.78 is 13.2. The summed E-state index contributed by atoms with van der Waals surface area (Å²) in [5, 5.41) is 2.98. The van der Waals surface area contributed by atoms with E-state index in [0.717, 1.165) is 29.5 Å². The number of hydrogen-bond donors (Lipinski definition) is 1. The van der Waals surface area contributed by atoms with Crippen molar-refractivity contribution in [3.05, 3.63) is 77.1 Å². The van der Waals surface area contributed by atoms with Crippen molar-refractivity contribution < 1.29 is 9.18 Å². The van der Waals surface area contributed by atoms with E-state index in [1.165, 1.54) is 12.1 Å². The van der Waals surface area contributed by atoms with Crippen molar-refractivity contribution in [1.82, 2.24) is 5.32 Å². The number of hydrogen-bond acceptors (Lipinski definition) is 1. The lowest BCUT2D eigenvalue weighted by atomic mass is 10.1. The van der Waals surface area contributed by atoms with E-state index in [-0.39, 0.29) is 17.8 Å². The van der Waals surface area contributed by atoms with Gasteiger partial charge in [0, 0.05) is 6.08 Å². The fourth-order valence-electron chi connectivity index (χ4n) is 2.69. The summed E-state index contributed by atoms with van der Waals surface area (Å²) in [6.45, 7) is 0. The molecule has 0 aromatic heterocycles. The Hall–Kier alpha value is -2.42. The van der Waals surface area contributed by atoms with Gasteiger partial charge in [0.05, 0.1) is 6.04 Å². The summed E-state index contributed by atoms with van der Waals surface area (Å²) >= 11 is 0. The minimum absolute atomic E-state index is 0.0199. The molecule has 1 amide bonds. The number of halogens is 1. The van der Waals surface area contributed by atoms with Gasteiger partial charge in [-0.1, -0.05) is 36.4 Å². The third-order valence-electron chi connectivity index (χ3n) is 3.73. The first-order chi connectivity index (χ1) is 10.2. The van der Waals surface area contributed by atoms with Crippen molar-refractivity contribution in [3.8, 4) is 0 Å². The van der Waals surface area contributed by atoms with E-state index < -0.39 is 0 Å². The maximum atomic E-state index is 13.2. The average molecular weight is 281 g/mol. The molecular weight excluding hydrogens is 265 g/mol. The Morgan fingerprint density at radius 1 is 1.19 bits per heavy atom. The molecule has 1 unspecified atom stereocenters. The van der Waals surface area contributed by atoms with Crippen LogP contribution in [0.2, 0.25) is 0 Å². The zero-order valence-corrected chi connectivity index (χ0v) is 11.6. The summed E-state index contributed by atoms with van der Waals surface area (Å²) in [6.07, 6.45) is 4.96. The molecule has 0 aliphatic heterocycles. The van der Waals surface area contributed by atoms with Crippen LogP contribution < -0.4 is 5.32 Å². The van der Waals surface area contributed by atoms with Gasteiger partial charge >= 0.3 is 0 Å². The molecule has 21 heavy (non-hydrogen) atoms. The molecule has 0 saturated carbocycles. The molecule has 0 heterocycles. The molecular formula is C18H16FNO. The summed E-state index contributed by atoms with van der Waals surface area (Å²) in [6, 6.07) is 14.4. The lowest BCUT2D eigenvalue weighted by Crippen LogP contribution is -2.25. The lowest BCUT2D eigenvalue weighted by molar-refractivity contribution is -0.117. The summed E-state index contributed by atoms with van der Waals surface area (Å²) in [7, 11) is 0. The van der Waals surface area contributed by atoms with E-state index in [1.54, 1.807) is 18.2 Å². The van der Waals surface area contributed by atoms with Crippen molar-refractivity contribution in [1.29, 1.82) is 0 Å². The molecule has 1 atom stereocenters. The molecule has 0 spiro atoms. The van der Waals surface area contributed by atoms with Crippen molar-refractivity contribution in [3.63, 3.8) is 0 Å². The highest BCUT2D eigenvalue weighted by molar-refractivity contribution is 5.92. The Kier molecular flexibility index (Phi) is 3.82. The van der Waals surface area contributed by atoms with Gasteiger partial charge in [0.25, 0.3) is 0 Å². The summed E-state index contributed by atoms with van der Waals surface area (Å²) in [5.74, 6) is -0.342. The van der Waals surface area contributed by atoms with E-state index in [2.05, 4.69) is 5.32 Å². The smallest absolute Gasteiger partial charge is 0.244 e. The standard InChI is InChI=1S/C18H16FNO/c19-15-8-9-16-14(12-15)7-10-17(16)20-18(21)11-6-13-4-2-1-3-5-13/h1-6,8-9,11-12,17H,7,10H2,(H,20,21)/b11-6+. The number of nitrogens with one attached hydrogen (secondary N) is 1. The van der Waals surface area contributed by atoms with Gasteiger partial charge in [-0.05, 0) is 47.7 Å². The van der Waals surface area contributed by atoms with Gasteiger partial charge in [-0.15, -0.1) is 0 Å². The summed E-state index contributed by atoms with van der Waals surface area (Å²) in [4.78, 5) is 12.0. The molecule has 3 heteroatoms. The molecule has 0 radical (unpaired) electrons. The normalized spacial score (nSPS) is 16.9. The van der Waals surface area contributed by atoms with Gasteiger partial charge in [-0.25, -0.2) is 4.39 Å². The van der Waals surface area contributed by atoms with E-state index in [0.29, 0.717) is 0 Å². The molecule has 0 fully saturated rings. The monoisotopic (exact) mass is 281 g/mol. The Balaban J connectivity index is 1.66. The van der Waals surface area contributed by atoms with Crippen LogP contribution in [0, 0.1) is 5.82 Å². The molecule has 1 aliphatic carbocycles. The van der Waals surface area contributed by atoms with Crippen LogP contribution in [-0.4, -0.2) is 5.91 Å². The second kappa shape index (κ2) is 5.92. The molecule has 2 nitrogen and oxygen atoms in total. The number of fused-ring (bicyclic) bond motifs is 1. The number of aryl methyl sites for hydroxylation is 1. The molecule has 2 aromatic rings. The number of amides is 1. The molecule has 0 bridgehead atoms. The third kappa shape index (κ3) is 3.19. The maximum absolute atomic E-state index is 13.2. The number of benzene rings is 2. The van der Waals surface area contributed by atoms with Crippen molar-refractivity contribution >= 4 is 12.0 Å². The highest BCUT2D eigenvalue weighted by Crippen LogP contribution is 2.31. The van der Waals surface area contributed by atoms with Crippen LogP contribution >= 0.6 is 0 Å². The molecule has 2 aromatic carbocycles. The zero-order valence-electron chi connectivity index (χ0n) is 11.6. The van der Waals surface area contributed by atoms with Crippen LogP contribution in [0.15, 0.2) is 54.6 Å². The van der Waals surface area contributed by atoms with Crippen molar-refractivity contribution in [2.24, 2.45) is 0 Å². The van der Waals surface area contributed by atoms with Gasteiger partial charge < -0.3 is 5.32 Å². The van der Waals surface area contributed by atoms with Crippen LogP contribution in [-0.2, 0) is 11.2 Å². The van der Waals surface area contributed by atoms with Gasteiger partial charge in [0.15, 0.2) is 0 Å². The van der Waals surface area contributed by atoms with Crippen LogP contribution in [0.5, 0.6) is 0 Å². The maximum Gasteiger partial charge on any atom is 0.244 e. The minimum Gasteiger partial charge on any atom is -0.346 e. The fourth-order valence-corrected chi connectivity index (χ4v) is 2.69. The van der Waals surface area contributed by atoms with Gasteiger partial charge in [0.1, 0.15) is 5.82 Å². The second-order valence-electron chi connectivity index (χ2n) is 5.19. The summed E-state index contributed by atoms with van der Waals surface area (Å²) in [5.41, 5.74) is 3.01. The van der Waals surface area contributed by atoms with Gasteiger partial charge in [-0.2, -0.15) is 0 Å². The predicted octanol–water partition coefficient (Wildman–Crippen LogP) is 3.64. The highest BCUT2D eigenvalue weighted by atomic mass is 19.1. The Morgan fingerprint density at radius 3 is 2.81 bits per heavy atom. The Bertz CT molecular complexity index is 679. The fraction of sp³-hybridized carbons (Fsp3) is 0.167. The first-order valence-electron chi connectivity index (χ1n) is 7.04. The SMILES string of the molecule is O=C(/C=C/c1ccccc1)NC1CCc2cc(F)ccc21. The first kappa shape index (κ1) is 13.6. The quantitative estimate of drug-likeness (QED) is 0.855.